The highest BCUT2D eigenvalue weighted by Gasteiger charge is 2.27. The number of likely N-dealkylation sites (N-methyl/N-ethyl adjacent to an activating group) is 1. The molecular weight excluding hydrogens is 465 g/mol. The van der Waals surface area contributed by atoms with E-state index in [1.54, 1.807) is 24.3 Å². The van der Waals surface area contributed by atoms with Crippen molar-refractivity contribution in [3.8, 4) is 0 Å². The number of amides is 1. The van der Waals surface area contributed by atoms with Gasteiger partial charge in [-0.05, 0) is 72.1 Å². The third kappa shape index (κ3) is 4.43. The Morgan fingerprint density at radius 1 is 1.04 bits per heavy atom. The third-order valence-electron chi connectivity index (χ3n) is 4.30. The average molecular weight is 485 g/mol. The van der Waals surface area contributed by atoms with Gasteiger partial charge in [0.05, 0.1) is 4.90 Å². The number of anilines is 1. The molecule has 3 rings (SSSR count). The zero-order valence-corrected chi connectivity index (χ0v) is 17.3. The molecule has 2 aromatic carbocycles. The fourth-order valence-corrected chi connectivity index (χ4v) is 4.69. The predicted octanol–water partition coefficient (Wildman–Crippen LogP) is 2.48. The minimum Gasteiger partial charge on any atom is -0.322 e. The standard InChI is InChI=1S/C18H20IN3O3S/c1-21-9-11-22(12-10-21)26(24,25)17-7-5-16(6-8-17)20-18(23)14-3-2-4-15(19)13-14/h2-8,13H,9-12H2,1H3,(H,20,23). The summed E-state index contributed by atoms with van der Waals surface area (Å²) < 4.78 is 27.9. The van der Waals surface area contributed by atoms with Crippen molar-refractivity contribution in [2.24, 2.45) is 0 Å². The van der Waals surface area contributed by atoms with Crippen LogP contribution in [0.15, 0.2) is 53.4 Å². The molecule has 0 bridgehead atoms. The first-order valence-corrected chi connectivity index (χ1v) is 10.7. The summed E-state index contributed by atoms with van der Waals surface area (Å²) in [5.74, 6) is -0.224. The Morgan fingerprint density at radius 2 is 1.69 bits per heavy atom. The SMILES string of the molecule is CN1CCN(S(=O)(=O)c2ccc(NC(=O)c3cccc(I)c3)cc2)CC1. The van der Waals surface area contributed by atoms with Gasteiger partial charge in [0.25, 0.3) is 5.91 Å². The maximum atomic E-state index is 12.7. The van der Waals surface area contributed by atoms with E-state index in [9.17, 15) is 13.2 Å². The number of hydrogen-bond acceptors (Lipinski definition) is 4. The molecular formula is C18H20IN3O3S. The van der Waals surface area contributed by atoms with Gasteiger partial charge in [0.15, 0.2) is 0 Å². The molecule has 1 N–H and O–H groups in total. The van der Waals surface area contributed by atoms with Crippen molar-refractivity contribution in [2.45, 2.75) is 4.90 Å². The van der Waals surface area contributed by atoms with Gasteiger partial charge in [-0.25, -0.2) is 8.42 Å². The zero-order chi connectivity index (χ0) is 18.7. The molecule has 1 amide bonds. The van der Waals surface area contributed by atoms with Crippen LogP contribution in [0.3, 0.4) is 0 Å². The normalized spacial score (nSPS) is 16.4. The summed E-state index contributed by atoms with van der Waals surface area (Å²) in [5, 5.41) is 2.79. The molecule has 0 radical (unpaired) electrons. The topological polar surface area (TPSA) is 69.7 Å². The van der Waals surface area contributed by atoms with Gasteiger partial charge in [0.1, 0.15) is 0 Å². The second-order valence-corrected chi connectivity index (χ2v) is 9.38. The highest BCUT2D eigenvalue weighted by molar-refractivity contribution is 14.1. The molecule has 1 fully saturated rings. The van der Waals surface area contributed by atoms with Crippen LogP contribution in [0, 0.1) is 3.57 Å². The number of carbonyl (C=O) groups excluding carboxylic acids is 1. The van der Waals surface area contributed by atoms with Crippen LogP contribution in [0.25, 0.3) is 0 Å². The second-order valence-electron chi connectivity index (χ2n) is 6.20. The molecule has 1 aliphatic rings. The van der Waals surface area contributed by atoms with E-state index >= 15 is 0 Å². The van der Waals surface area contributed by atoms with Crippen LogP contribution in [0.5, 0.6) is 0 Å². The van der Waals surface area contributed by atoms with Crippen LogP contribution < -0.4 is 5.32 Å². The van der Waals surface area contributed by atoms with Gasteiger partial charge >= 0.3 is 0 Å². The summed E-state index contributed by atoms with van der Waals surface area (Å²) in [6, 6.07) is 13.6. The Kier molecular flexibility index (Phi) is 5.96. The Bertz CT molecular complexity index is 892. The molecule has 0 unspecified atom stereocenters. The van der Waals surface area contributed by atoms with E-state index in [2.05, 4.69) is 32.8 Å². The van der Waals surface area contributed by atoms with E-state index in [1.807, 2.05) is 19.2 Å². The van der Waals surface area contributed by atoms with Gasteiger partial charge in [-0.2, -0.15) is 4.31 Å². The van der Waals surface area contributed by atoms with Crippen molar-refractivity contribution in [3.05, 3.63) is 57.7 Å². The monoisotopic (exact) mass is 485 g/mol. The maximum absolute atomic E-state index is 12.7. The Morgan fingerprint density at radius 3 is 2.31 bits per heavy atom. The molecule has 0 saturated carbocycles. The van der Waals surface area contributed by atoms with Crippen molar-refractivity contribution in [1.29, 1.82) is 0 Å². The Labute approximate surface area is 167 Å². The lowest BCUT2D eigenvalue weighted by molar-refractivity contribution is 0.102. The molecule has 6 nitrogen and oxygen atoms in total. The summed E-state index contributed by atoms with van der Waals surface area (Å²) in [6.45, 7) is 2.43. The smallest absolute Gasteiger partial charge is 0.255 e. The van der Waals surface area contributed by atoms with Gasteiger partial charge in [0, 0.05) is 41.0 Å². The molecule has 1 heterocycles. The van der Waals surface area contributed by atoms with Crippen LogP contribution in [-0.2, 0) is 10.0 Å². The van der Waals surface area contributed by atoms with Gasteiger partial charge in [-0.3, -0.25) is 4.79 Å². The van der Waals surface area contributed by atoms with Crippen LogP contribution in [0.1, 0.15) is 10.4 Å². The van der Waals surface area contributed by atoms with Crippen LogP contribution >= 0.6 is 22.6 Å². The van der Waals surface area contributed by atoms with Crippen LogP contribution in [0.2, 0.25) is 0 Å². The first kappa shape index (κ1) is 19.3. The van der Waals surface area contributed by atoms with E-state index in [0.29, 0.717) is 24.3 Å². The number of nitrogens with one attached hydrogen (secondary N) is 1. The molecule has 2 aromatic rings. The molecule has 138 valence electrons. The second kappa shape index (κ2) is 8.03. The minimum absolute atomic E-state index is 0.224. The molecule has 0 spiro atoms. The molecule has 1 saturated heterocycles. The molecule has 0 aromatic heterocycles. The molecule has 0 aliphatic carbocycles. The lowest BCUT2D eigenvalue weighted by Crippen LogP contribution is -2.46. The number of sulfonamides is 1. The van der Waals surface area contributed by atoms with Crippen LogP contribution in [-0.4, -0.2) is 56.8 Å². The molecule has 26 heavy (non-hydrogen) atoms. The quantitative estimate of drug-likeness (QED) is 0.676. The maximum Gasteiger partial charge on any atom is 0.255 e. The molecule has 1 aliphatic heterocycles. The van der Waals surface area contributed by atoms with Crippen molar-refractivity contribution in [3.63, 3.8) is 0 Å². The Hall–Kier alpha value is -1.49. The lowest BCUT2D eigenvalue weighted by atomic mass is 10.2. The number of piperazine rings is 1. The fraction of sp³-hybridized carbons (Fsp3) is 0.278. The predicted molar refractivity (Wildman–Crippen MR) is 110 cm³/mol. The van der Waals surface area contributed by atoms with Gasteiger partial charge < -0.3 is 10.2 Å². The fourth-order valence-electron chi connectivity index (χ4n) is 2.72. The minimum atomic E-state index is -3.50. The van der Waals surface area contributed by atoms with E-state index < -0.39 is 10.0 Å². The van der Waals surface area contributed by atoms with Gasteiger partial charge in [-0.15, -0.1) is 0 Å². The number of benzene rings is 2. The van der Waals surface area contributed by atoms with Gasteiger partial charge in [0.2, 0.25) is 10.0 Å². The molecule has 0 atom stereocenters. The Balaban J connectivity index is 1.71. The van der Waals surface area contributed by atoms with E-state index in [4.69, 9.17) is 0 Å². The van der Waals surface area contributed by atoms with Crippen LogP contribution in [0.4, 0.5) is 5.69 Å². The van der Waals surface area contributed by atoms with E-state index in [1.165, 1.54) is 16.4 Å². The van der Waals surface area contributed by atoms with Crippen molar-refractivity contribution in [2.75, 3.05) is 38.5 Å². The lowest BCUT2D eigenvalue weighted by Gasteiger charge is -2.31. The number of halogens is 1. The van der Waals surface area contributed by atoms with Gasteiger partial charge in [-0.1, -0.05) is 6.07 Å². The number of hydrogen-bond donors (Lipinski definition) is 1. The van der Waals surface area contributed by atoms with Crippen molar-refractivity contribution >= 4 is 44.2 Å². The van der Waals surface area contributed by atoms with Crippen molar-refractivity contribution in [1.82, 2.24) is 9.21 Å². The highest BCUT2D eigenvalue weighted by atomic mass is 127. The summed E-state index contributed by atoms with van der Waals surface area (Å²) in [7, 11) is -1.51. The zero-order valence-electron chi connectivity index (χ0n) is 14.4. The summed E-state index contributed by atoms with van der Waals surface area (Å²) in [4.78, 5) is 14.6. The van der Waals surface area contributed by atoms with E-state index in [-0.39, 0.29) is 10.8 Å². The third-order valence-corrected chi connectivity index (χ3v) is 6.88. The summed E-state index contributed by atoms with van der Waals surface area (Å²) >= 11 is 2.15. The first-order chi connectivity index (χ1) is 12.4. The largest absolute Gasteiger partial charge is 0.322 e. The number of carbonyl (C=O) groups is 1. The van der Waals surface area contributed by atoms with E-state index in [0.717, 1.165) is 16.7 Å². The van der Waals surface area contributed by atoms with Crippen molar-refractivity contribution < 1.29 is 13.2 Å². The number of rotatable bonds is 4. The first-order valence-electron chi connectivity index (χ1n) is 8.22. The average Bonchev–Trinajstić information content (AvgIpc) is 2.62. The number of nitrogens with zero attached hydrogens (tertiary/aromatic N) is 2. The molecule has 8 heteroatoms. The summed E-state index contributed by atoms with van der Waals surface area (Å²) in [6.07, 6.45) is 0. The summed E-state index contributed by atoms with van der Waals surface area (Å²) in [5.41, 5.74) is 1.12. The highest BCUT2D eigenvalue weighted by Crippen LogP contribution is 2.20.